The van der Waals surface area contributed by atoms with E-state index in [0.717, 1.165) is 5.75 Å². The van der Waals surface area contributed by atoms with Crippen molar-refractivity contribution in [3.05, 3.63) is 41.6 Å². The molecule has 0 bridgehead atoms. The first-order chi connectivity index (χ1) is 10.1. The predicted octanol–water partition coefficient (Wildman–Crippen LogP) is 1.28. The normalized spacial score (nSPS) is 11.4. The van der Waals surface area contributed by atoms with Crippen molar-refractivity contribution in [2.45, 2.75) is 6.92 Å². The Balaban J connectivity index is 1.97. The average molecular weight is 290 g/mol. The van der Waals surface area contributed by atoms with Crippen LogP contribution >= 0.6 is 0 Å². The zero-order chi connectivity index (χ0) is 15.2. The Kier molecular flexibility index (Phi) is 4.65. The molecule has 7 heteroatoms. The summed E-state index contributed by atoms with van der Waals surface area (Å²) in [6.45, 7) is 2.46. The van der Waals surface area contributed by atoms with Crippen LogP contribution in [-0.2, 0) is 7.05 Å². The monoisotopic (exact) mass is 290 g/mol. The van der Waals surface area contributed by atoms with Crippen LogP contribution in [0.3, 0.4) is 0 Å². The number of nitrogens with zero attached hydrogens (tertiary/aromatic N) is 3. The van der Waals surface area contributed by atoms with E-state index in [0.29, 0.717) is 30.4 Å². The van der Waals surface area contributed by atoms with Crippen molar-refractivity contribution in [3.63, 3.8) is 0 Å². The van der Waals surface area contributed by atoms with Crippen LogP contribution in [0.25, 0.3) is 0 Å². The molecule has 2 rings (SSSR count). The number of oxime groups is 1. The van der Waals surface area contributed by atoms with E-state index in [4.69, 9.17) is 20.4 Å². The molecule has 0 saturated carbocycles. The van der Waals surface area contributed by atoms with Gasteiger partial charge in [0, 0.05) is 7.05 Å². The number of rotatable bonds is 6. The molecule has 1 heterocycles. The number of hydrogen-bond acceptors (Lipinski definition) is 5. The molecule has 7 nitrogen and oxygen atoms in total. The summed E-state index contributed by atoms with van der Waals surface area (Å²) < 4.78 is 12.7. The molecule has 0 amide bonds. The molecule has 1 aromatic carbocycles. The smallest absolute Gasteiger partial charge is 0.223 e. The Morgan fingerprint density at radius 3 is 2.62 bits per heavy atom. The summed E-state index contributed by atoms with van der Waals surface area (Å²) in [4.78, 5) is 0. The van der Waals surface area contributed by atoms with Gasteiger partial charge in [-0.2, -0.15) is 5.10 Å². The van der Waals surface area contributed by atoms with Gasteiger partial charge in [-0.3, -0.25) is 0 Å². The molecule has 0 aliphatic rings. The molecule has 0 spiro atoms. The van der Waals surface area contributed by atoms with E-state index < -0.39 is 0 Å². The number of aromatic nitrogens is 2. The molecule has 0 fully saturated rings. The molecule has 0 radical (unpaired) electrons. The molecule has 0 unspecified atom stereocenters. The number of ether oxygens (including phenoxy) is 2. The Morgan fingerprint density at radius 1 is 1.29 bits per heavy atom. The SMILES string of the molecule is Cc1nn(C)c(OCCOc2ccccc2)c1C(N)=NO. The molecule has 0 atom stereocenters. The number of para-hydroxylation sites is 1. The number of amidine groups is 1. The van der Waals surface area contributed by atoms with Crippen LogP contribution in [0, 0.1) is 6.92 Å². The summed E-state index contributed by atoms with van der Waals surface area (Å²) >= 11 is 0. The minimum atomic E-state index is -0.0282. The van der Waals surface area contributed by atoms with E-state index in [-0.39, 0.29) is 5.84 Å². The summed E-state index contributed by atoms with van der Waals surface area (Å²) in [5.41, 5.74) is 6.76. The highest BCUT2D eigenvalue weighted by Crippen LogP contribution is 2.21. The van der Waals surface area contributed by atoms with Crippen molar-refractivity contribution in [2.75, 3.05) is 13.2 Å². The van der Waals surface area contributed by atoms with Gasteiger partial charge in [-0.25, -0.2) is 4.68 Å². The van der Waals surface area contributed by atoms with E-state index in [9.17, 15) is 0 Å². The first kappa shape index (κ1) is 14.7. The van der Waals surface area contributed by atoms with Crippen LogP contribution < -0.4 is 15.2 Å². The van der Waals surface area contributed by atoms with Gasteiger partial charge >= 0.3 is 0 Å². The molecule has 2 aromatic rings. The minimum Gasteiger partial charge on any atom is -0.490 e. The van der Waals surface area contributed by atoms with E-state index in [2.05, 4.69) is 10.3 Å². The fourth-order valence-electron chi connectivity index (χ4n) is 1.96. The second kappa shape index (κ2) is 6.65. The summed E-state index contributed by atoms with van der Waals surface area (Å²) in [7, 11) is 1.73. The highest BCUT2D eigenvalue weighted by atomic mass is 16.5. The third-order valence-electron chi connectivity index (χ3n) is 2.87. The largest absolute Gasteiger partial charge is 0.490 e. The Hall–Kier alpha value is -2.70. The van der Waals surface area contributed by atoms with Gasteiger partial charge in [0.15, 0.2) is 5.84 Å². The van der Waals surface area contributed by atoms with Crippen molar-refractivity contribution < 1.29 is 14.7 Å². The fourth-order valence-corrected chi connectivity index (χ4v) is 1.96. The lowest BCUT2D eigenvalue weighted by Gasteiger charge is -2.09. The van der Waals surface area contributed by atoms with Crippen molar-refractivity contribution in [3.8, 4) is 11.6 Å². The third kappa shape index (κ3) is 3.44. The molecular formula is C14H18N4O3. The van der Waals surface area contributed by atoms with Gasteiger partial charge in [-0.05, 0) is 19.1 Å². The maximum absolute atomic E-state index is 8.81. The molecule has 1 aromatic heterocycles. The maximum Gasteiger partial charge on any atom is 0.223 e. The molecule has 0 aliphatic heterocycles. The number of aryl methyl sites for hydroxylation is 2. The van der Waals surface area contributed by atoms with Gasteiger partial charge < -0.3 is 20.4 Å². The van der Waals surface area contributed by atoms with Gasteiger partial charge in [0.05, 0.1) is 5.69 Å². The summed E-state index contributed by atoms with van der Waals surface area (Å²) in [5, 5.41) is 16.0. The molecule has 112 valence electrons. The molecule has 3 N–H and O–H groups in total. The number of hydrogen-bond donors (Lipinski definition) is 2. The summed E-state index contributed by atoms with van der Waals surface area (Å²) in [6, 6.07) is 9.46. The third-order valence-corrected chi connectivity index (χ3v) is 2.87. The van der Waals surface area contributed by atoms with Crippen LogP contribution in [-0.4, -0.2) is 34.0 Å². The van der Waals surface area contributed by atoms with E-state index >= 15 is 0 Å². The predicted molar refractivity (Wildman–Crippen MR) is 77.9 cm³/mol. The van der Waals surface area contributed by atoms with Gasteiger partial charge in [0.2, 0.25) is 5.88 Å². The Morgan fingerprint density at radius 2 is 1.95 bits per heavy atom. The Labute approximate surface area is 122 Å². The van der Waals surface area contributed by atoms with Gasteiger partial charge in [-0.15, -0.1) is 0 Å². The zero-order valence-electron chi connectivity index (χ0n) is 12.0. The highest BCUT2D eigenvalue weighted by Gasteiger charge is 2.18. The summed E-state index contributed by atoms with van der Waals surface area (Å²) in [6.07, 6.45) is 0. The van der Waals surface area contributed by atoms with E-state index in [1.807, 2.05) is 30.3 Å². The lowest BCUT2D eigenvalue weighted by atomic mass is 10.2. The average Bonchev–Trinajstić information content (AvgIpc) is 2.78. The van der Waals surface area contributed by atoms with Gasteiger partial charge in [0.25, 0.3) is 0 Å². The topological polar surface area (TPSA) is 94.9 Å². The van der Waals surface area contributed by atoms with E-state index in [1.165, 1.54) is 0 Å². The first-order valence-corrected chi connectivity index (χ1v) is 6.45. The second-order valence-electron chi connectivity index (χ2n) is 4.38. The quantitative estimate of drug-likeness (QED) is 0.275. The lowest BCUT2D eigenvalue weighted by molar-refractivity contribution is 0.205. The van der Waals surface area contributed by atoms with Crippen LogP contribution in [0.15, 0.2) is 35.5 Å². The summed E-state index contributed by atoms with van der Waals surface area (Å²) in [5.74, 6) is 1.19. The standard InChI is InChI=1S/C14H18N4O3/c1-10-12(13(15)17-19)14(18(2)16-10)21-9-8-20-11-6-4-3-5-7-11/h3-7,19H,8-9H2,1-2H3,(H2,15,17). The fraction of sp³-hybridized carbons (Fsp3) is 0.286. The van der Waals surface area contributed by atoms with Crippen LogP contribution in [0.2, 0.25) is 0 Å². The van der Waals surface area contributed by atoms with Gasteiger partial charge in [-0.1, -0.05) is 23.4 Å². The first-order valence-electron chi connectivity index (χ1n) is 6.45. The van der Waals surface area contributed by atoms with Crippen molar-refractivity contribution in [1.29, 1.82) is 0 Å². The Bertz CT molecular complexity index is 623. The number of benzene rings is 1. The molecule has 0 saturated heterocycles. The van der Waals surface area contributed by atoms with Crippen molar-refractivity contribution >= 4 is 5.84 Å². The minimum absolute atomic E-state index is 0.0282. The van der Waals surface area contributed by atoms with Crippen LogP contribution in [0.1, 0.15) is 11.3 Å². The van der Waals surface area contributed by atoms with Crippen molar-refractivity contribution in [2.24, 2.45) is 17.9 Å². The van der Waals surface area contributed by atoms with Gasteiger partial charge in [0.1, 0.15) is 24.5 Å². The second-order valence-corrected chi connectivity index (χ2v) is 4.38. The zero-order valence-corrected chi connectivity index (χ0v) is 12.0. The molecule has 21 heavy (non-hydrogen) atoms. The van der Waals surface area contributed by atoms with Crippen molar-refractivity contribution in [1.82, 2.24) is 9.78 Å². The maximum atomic E-state index is 8.81. The van der Waals surface area contributed by atoms with Crippen LogP contribution in [0.4, 0.5) is 0 Å². The molecule has 0 aliphatic carbocycles. The number of nitrogens with two attached hydrogens (primary N) is 1. The lowest BCUT2D eigenvalue weighted by Crippen LogP contribution is -2.17. The van der Waals surface area contributed by atoms with Crippen LogP contribution in [0.5, 0.6) is 11.6 Å². The molecular weight excluding hydrogens is 272 g/mol. The van der Waals surface area contributed by atoms with E-state index in [1.54, 1.807) is 18.7 Å². The highest BCUT2D eigenvalue weighted by molar-refractivity contribution is 6.00.